The predicted molar refractivity (Wildman–Crippen MR) is 62.0 cm³/mol. The molecule has 0 fully saturated rings. The average molecular weight is 192 g/mol. The maximum atomic E-state index is 2.38. The van der Waals surface area contributed by atoms with Crippen LogP contribution in [-0.2, 0) is 11.8 Å². The van der Waals surface area contributed by atoms with Crippen molar-refractivity contribution in [2.75, 3.05) is 0 Å². The molecule has 0 bridgehead atoms. The molecule has 0 aromatic heterocycles. The molecule has 15 heavy (non-hydrogen) atoms. The Morgan fingerprint density at radius 2 is 1.73 bits per heavy atom. The minimum Gasteiger partial charge on any atom is -0.0619 e. The van der Waals surface area contributed by atoms with Gasteiger partial charge < -0.3 is 0 Å². The standard InChI is InChI=1S/C15H12/c1-15-9-10-5-4-7-12(14(10)15)11-6-2-3-8-13(11)15/h2-8H,9H2,1H3. The van der Waals surface area contributed by atoms with E-state index in [1.165, 1.54) is 23.1 Å². The van der Waals surface area contributed by atoms with Gasteiger partial charge >= 0.3 is 0 Å². The Kier molecular flexibility index (Phi) is 1.11. The van der Waals surface area contributed by atoms with Crippen molar-refractivity contribution in [2.24, 2.45) is 0 Å². The summed E-state index contributed by atoms with van der Waals surface area (Å²) in [5, 5.41) is 0. The molecule has 4 rings (SSSR count). The Bertz CT molecular complexity index is 580. The van der Waals surface area contributed by atoms with Gasteiger partial charge in [-0.1, -0.05) is 49.4 Å². The van der Waals surface area contributed by atoms with Crippen LogP contribution in [0.15, 0.2) is 42.5 Å². The van der Waals surface area contributed by atoms with Gasteiger partial charge in [-0.2, -0.15) is 0 Å². The Morgan fingerprint density at radius 1 is 0.933 bits per heavy atom. The lowest BCUT2D eigenvalue weighted by Crippen LogP contribution is -2.34. The first-order valence-electron chi connectivity index (χ1n) is 5.53. The van der Waals surface area contributed by atoms with Crippen molar-refractivity contribution in [3.05, 3.63) is 59.2 Å². The molecule has 2 aromatic carbocycles. The zero-order valence-corrected chi connectivity index (χ0v) is 8.75. The van der Waals surface area contributed by atoms with Crippen LogP contribution in [0.5, 0.6) is 0 Å². The summed E-state index contributed by atoms with van der Waals surface area (Å²) in [6, 6.07) is 15.6. The van der Waals surface area contributed by atoms with Crippen molar-refractivity contribution >= 4 is 0 Å². The molecule has 2 aliphatic carbocycles. The summed E-state index contributed by atoms with van der Waals surface area (Å²) < 4.78 is 0. The van der Waals surface area contributed by atoms with E-state index in [0.717, 1.165) is 0 Å². The largest absolute Gasteiger partial charge is 0.0619 e. The second kappa shape index (κ2) is 2.16. The van der Waals surface area contributed by atoms with Gasteiger partial charge in [-0.25, -0.2) is 0 Å². The number of benzene rings is 2. The first-order valence-corrected chi connectivity index (χ1v) is 5.53. The van der Waals surface area contributed by atoms with Crippen LogP contribution in [0, 0.1) is 0 Å². The lowest BCUT2D eigenvalue weighted by molar-refractivity contribution is 0.512. The van der Waals surface area contributed by atoms with E-state index in [1.807, 2.05) is 0 Å². The molecular weight excluding hydrogens is 180 g/mol. The average Bonchev–Trinajstić information content (AvgIpc) is 2.48. The highest BCUT2D eigenvalue weighted by atomic mass is 14.5. The van der Waals surface area contributed by atoms with E-state index in [2.05, 4.69) is 49.4 Å². The van der Waals surface area contributed by atoms with Crippen LogP contribution in [0.4, 0.5) is 0 Å². The molecular formula is C15H12. The van der Waals surface area contributed by atoms with E-state index in [1.54, 1.807) is 11.1 Å². The van der Waals surface area contributed by atoms with Gasteiger partial charge in [0.05, 0.1) is 0 Å². The molecule has 1 unspecified atom stereocenters. The summed E-state index contributed by atoms with van der Waals surface area (Å²) >= 11 is 0. The monoisotopic (exact) mass is 192 g/mol. The smallest absolute Gasteiger partial charge is 0.0230 e. The summed E-state index contributed by atoms with van der Waals surface area (Å²) in [6.45, 7) is 2.38. The molecule has 72 valence electrons. The number of hydrogen-bond acceptors (Lipinski definition) is 0. The lowest BCUT2D eigenvalue weighted by Gasteiger charge is -2.38. The summed E-state index contributed by atoms with van der Waals surface area (Å²) in [5.74, 6) is 0. The van der Waals surface area contributed by atoms with E-state index in [0.29, 0.717) is 5.41 Å². The second-order valence-electron chi connectivity index (χ2n) is 4.89. The normalized spacial score (nSPS) is 24.3. The van der Waals surface area contributed by atoms with E-state index >= 15 is 0 Å². The molecule has 0 aliphatic heterocycles. The molecule has 1 atom stereocenters. The van der Waals surface area contributed by atoms with Crippen molar-refractivity contribution in [2.45, 2.75) is 18.8 Å². The van der Waals surface area contributed by atoms with Gasteiger partial charge in [-0.05, 0) is 34.2 Å². The number of hydrogen-bond donors (Lipinski definition) is 0. The highest BCUT2D eigenvalue weighted by Crippen LogP contribution is 2.57. The van der Waals surface area contributed by atoms with Gasteiger partial charge in [0.15, 0.2) is 0 Å². The fourth-order valence-electron chi connectivity index (χ4n) is 3.42. The summed E-state index contributed by atoms with van der Waals surface area (Å²) in [5.41, 5.74) is 7.91. The Labute approximate surface area is 89.6 Å². The summed E-state index contributed by atoms with van der Waals surface area (Å²) in [6.07, 6.45) is 1.22. The van der Waals surface area contributed by atoms with Crippen LogP contribution in [0.25, 0.3) is 11.1 Å². The maximum absolute atomic E-state index is 2.38. The van der Waals surface area contributed by atoms with Gasteiger partial charge in [0, 0.05) is 5.41 Å². The van der Waals surface area contributed by atoms with Crippen LogP contribution in [0.1, 0.15) is 23.6 Å². The first-order chi connectivity index (χ1) is 7.31. The third kappa shape index (κ3) is 0.687. The van der Waals surface area contributed by atoms with Gasteiger partial charge in [0.2, 0.25) is 0 Å². The molecule has 0 saturated carbocycles. The highest BCUT2D eigenvalue weighted by molar-refractivity contribution is 5.85. The Balaban J connectivity index is 2.19. The van der Waals surface area contributed by atoms with Crippen LogP contribution in [0.2, 0.25) is 0 Å². The molecule has 0 heterocycles. The Hall–Kier alpha value is -1.56. The van der Waals surface area contributed by atoms with Crippen LogP contribution in [0.3, 0.4) is 0 Å². The van der Waals surface area contributed by atoms with Gasteiger partial charge in [0.1, 0.15) is 0 Å². The lowest BCUT2D eigenvalue weighted by atomic mass is 9.64. The van der Waals surface area contributed by atoms with E-state index in [-0.39, 0.29) is 0 Å². The number of rotatable bonds is 0. The minimum absolute atomic E-state index is 0.322. The molecule has 0 saturated heterocycles. The fourth-order valence-corrected chi connectivity index (χ4v) is 3.42. The Morgan fingerprint density at radius 3 is 2.67 bits per heavy atom. The summed E-state index contributed by atoms with van der Waals surface area (Å²) in [4.78, 5) is 0. The second-order valence-corrected chi connectivity index (χ2v) is 4.89. The molecule has 2 aliphatic rings. The van der Waals surface area contributed by atoms with Gasteiger partial charge in [0.25, 0.3) is 0 Å². The van der Waals surface area contributed by atoms with E-state index in [9.17, 15) is 0 Å². The molecule has 0 spiro atoms. The first kappa shape index (κ1) is 7.70. The number of fused-ring (bicyclic) bond motifs is 3. The molecule has 0 heteroatoms. The van der Waals surface area contributed by atoms with E-state index < -0.39 is 0 Å². The molecule has 2 aromatic rings. The van der Waals surface area contributed by atoms with Crippen molar-refractivity contribution < 1.29 is 0 Å². The maximum Gasteiger partial charge on any atom is 0.0230 e. The fraction of sp³-hybridized carbons (Fsp3) is 0.200. The highest BCUT2D eigenvalue weighted by Gasteiger charge is 2.47. The SMILES string of the molecule is CC12Cc3cccc(c31)-c1ccccc12. The van der Waals surface area contributed by atoms with Crippen molar-refractivity contribution in [1.29, 1.82) is 0 Å². The zero-order chi connectivity index (χ0) is 10.0. The minimum atomic E-state index is 0.322. The van der Waals surface area contributed by atoms with Crippen LogP contribution >= 0.6 is 0 Å². The van der Waals surface area contributed by atoms with Crippen molar-refractivity contribution in [3.8, 4) is 11.1 Å². The van der Waals surface area contributed by atoms with Crippen molar-refractivity contribution in [3.63, 3.8) is 0 Å². The molecule has 0 amide bonds. The van der Waals surface area contributed by atoms with Crippen LogP contribution in [-0.4, -0.2) is 0 Å². The molecule has 0 nitrogen and oxygen atoms in total. The van der Waals surface area contributed by atoms with Gasteiger partial charge in [-0.3, -0.25) is 0 Å². The summed E-state index contributed by atoms with van der Waals surface area (Å²) in [7, 11) is 0. The topological polar surface area (TPSA) is 0 Å². The van der Waals surface area contributed by atoms with E-state index in [4.69, 9.17) is 0 Å². The third-order valence-corrected chi connectivity index (χ3v) is 4.06. The molecule has 0 radical (unpaired) electrons. The predicted octanol–water partition coefficient (Wildman–Crippen LogP) is 3.53. The molecule has 0 N–H and O–H groups in total. The zero-order valence-electron chi connectivity index (χ0n) is 8.75. The van der Waals surface area contributed by atoms with Crippen molar-refractivity contribution in [1.82, 2.24) is 0 Å². The van der Waals surface area contributed by atoms with Crippen LogP contribution < -0.4 is 0 Å². The van der Waals surface area contributed by atoms with Gasteiger partial charge in [-0.15, -0.1) is 0 Å². The third-order valence-electron chi connectivity index (χ3n) is 4.06. The quantitative estimate of drug-likeness (QED) is 0.599.